The monoisotopic (exact) mass is 311 g/mol. The van der Waals surface area contributed by atoms with Crippen molar-refractivity contribution in [2.75, 3.05) is 24.6 Å². The highest BCUT2D eigenvalue weighted by Crippen LogP contribution is 2.43. The lowest BCUT2D eigenvalue weighted by molar-refractivity contribution is -0.115. The Hall–Kier alpha value is -1.64. The fraction of sp³-hybridized carbons (Fsp3) is 0.545. The average Bonchev–Trinajstić information content (AvgIpc) is 2.62. The van der Waals surface area contributed by atoms with Gasteiger partial charge in [0.25, 0.3) is 5.91 Å². The number of thiophene rings is 1. The third kappa shape index (κ3) is 4.19. The molecule has 1 amide bonds. The average molecular weight is 311 g/mol. The first-order valence-electron chi connectivity index (χ1n) is 5.77. The van der Waals surface area contributed by atoms with Crippen molar-refractivity contribution in [3.63, 3.8) is 0 Å². The molecule has 0 bridgehead atoms. The maximum atomic E-state index is 12.3. The Kier molecular flexibility index (Phi) is 5.09. The molecule has 9 heteroatoms. The van der Waals surface area contributed by atoms with Gasteiger partial charge in [-0.3, -0.25) is 4.79 Å². The maximum absolute atomic E-state index is 12.3. The number of nitrogens with two attached hydrogens (primary N) is 1. The quantitative estimate of drug-likeness (QED) is 0.781. The summed E-state index contributed by atoms with van der Waals surface area (Å²) in [5.74, 6) is -0.394. The van der Waals surface area contributed by atoms with E-state index in [-0.39, 0.29) is 27.4 Å². The summed E-state index contributed by atoms with van der Waals surface area (Å²) in [6.07, 6.45) is -4.66. The number of anilines is 2. The van der Waals surface area contributed by atoms with E-state index in [1.165, 1.54) is 7.05 Å². The Morgan fingerprint density at radius 3 is 2.50 bits per heavy atom. The number of rotatable bonds is 5. The first-order chi connectivity index (χ1) is 9.15. The van der Waals surface area contributed by atoms with Crippen LogP contribution in [-0.4, -0.2) is 31.8 Å². The largest absolute Gasteiger partial charge is 0.486 e. The van der Waals surface area contributed by atoms with E-state index in [1.807, 2.05) is 0 Å². The van der Waals surface area contributed by atoms with Gasteiger partial charge in [-0.1, -0.05) is 0 Å². The van der Waals surface area contributed by atoms with E-state index in [4.69, 9.17) is 10.5 Å². The molecule has 4 N–H and O–H groups in total. The minimum absolute atomic E-state index is 0.0349. The third-order valence-corrected chi connectivity index (χ3v) is 3.28. The fourth-order valence-corrected chi connectivity index (χ4v) is 2.36. The zero-order valence-corrected chi connectivity index (χ0v) is 12.0. The molecule has 0 fully saturated rings. The normalized spacial score (nSPS) is 11.6. The summed E-state index contributed by atoms with van der Waals surface area (Å²) in [4.78, 5) is 11.7. The van der Waals surface area contributed by atoms with Gasteiger partial charge in [0.2, 0.25) is 0 Å². The first-order valence-corrected chi connectivity index (χ1v) is 6.59. The zero-order chi connectivity index (χ0) is 15.5. The topological polar surface area (TPSA) is 76.4 Å². The number of carbonyl (C=O) groups excluding carboxylic acids is 1. The van der Waals surface area contributed by atoms with Gasteiger partial charge in [-0.05, 0) is 13.8 Å². The van der Waals surface area contributed by atoms with Crippen LogP contribution in [0.25, 0.3) is 0 Å². The van der Waals surface area contributed by atoms with Gasteiger partial charge in [-0.2, -0.15) is 13.2 Å². The number of alkyl halides is 3. The minimum Gasteiger partial charge on any atom is -0.486 e. The lowest BCUT2D eigenvalue weighted by Crippen LogP contribution is -2.21. The first kappa shape index (κ1) is 16.4. The molecule has 1 rings (SSSR count). The molecular weight excluding hydrogens is 295 g/mol. The van der Waals surface area contributed by atoms with Gasteiger partial charge in [-0.15, -0.1) is 11.3 Å². The fourth-order valence-electron chi connectivity index (χ4n) is 1.36. The summed E-state index contributed by atoms with van der Waals surface area (Å²) in [5.41, 5.74) is 5.81. The molecule has 0 saturated heterocycles. The van der Waals surface area contributed by atoms with Crippen LogP contribution in [0.3, 0.4) is 0 Å². The standard InChI is InChI=1S/C11H16F3N3O2S/c1-5(2)19-7-6(15)8(9(18)16-3)20-10(7)17-4-11(12,13)14/h5,17H,4,15H2,1-3H3,(H,16,18). The number of halogens is 3. The van der Waals surface area contributed by atoms with Crippen LogP contribution in [0.2, 0.25) is 0 Å². The molecule has 0 radical (unpaired) electrons. The van der Waals surface area contributed by atoms with Crippen LogP contribution in [-0.2, 0) is 0 Å². The highest BCUT2D eigenvalue weighted by molar-refractivity contribution is 7.19. The molecule has 0 aliphatic heterocycles. The van der Waals surface area contributed by atoms with E-state index in [0.717, 1.165) is 11.3 Å². The van der Waals surface area contributed by atoms with E-state index in [1.54, 1.807) is 13.8 Å². The van der Waals surface area contributed by atoms with Crippen LogP contribution >= 0.6 is 11.3 Å². The summed E-state index contributed by atoms with van der Waals surface area (Å²) < 4.78 is 42.2. The molecule has 0 saturated carbocycles. The molecular formula is C11H16F3N3O2S. The van der Waals surface area contributed by atoms with E-state index in [0.29, 0.717) is 0 Å². The van der Waals surface area contributed by atoms with Crippen LogP contribution in [0.5, 0.6) is 5.75 Å². The summed E-state index contributed by atoms with van der Waals surface area (Å²) in [5, 5.41) is 4.67. The van der Waals surface area contributed by atoms with Crippen molar-refractivity contribution in [3.8, 4) is 5.75 Å². The van der Waals surface area contributed by atoms with Crippen molar-refractivity contribution in [3.05, 3.63) is 4.88 Å². The number of hydrogen-bond acceptors (Lipinski definition) is 5. The SMILES string of the molecule is CNC(=O)c1sc(NCC(F)(F)F)c(OC(C)C)c1N. The van der Waals surface area contributed by atoms with Gasteiger partial charge >= 0.3 is 6.18 Å². The van der Waals surface area contributed by atoms with Crippen LogP contribution in [0, 0.1) is 0 Å². The number of nitrogen functional groups attached to an aromatic ring is 1. The van der Waals surface area contributed by atoms with Crippen molar-refractivity contribution < 1.29 is 22.7 Å². The van der Waals surface area contributed by atoms with Crippen LogP contribution in [0.4, 0.5) is 23.9 Å². The summed E-state index contributed by atoms with van der Waals surface area (Å²) >= 11 is 0.828. The summed E-state index contributed by atoms with van der Waals surface area (Å²) in [6.45, 7) is 2.20. The van der Waals surface area contributed by atoms with Gasteiger partial charge in [-0.25, -0.2) is 0 Å². The van der Waals surface area contributed by atoms with Crippen LogP contribution in [0.1, 0.15) is 23.5 Å². The molecule has 1 heterocycles. The second-order valence-corrected chi connectivity index (χ2v) is 5.24. The van der Waals surface area contributed by atoms with E-state index >= 15 is 0 Å². The van der Waals surface area contributed by atoms with Crippen LogP contribution < -0.4 is 21.1 Å². The predicted octanol–water partition coefficient (Wildman–Crippen LogP) is 2.45. The van der Waals surface area contributed by atoms with Crippen molar-refractivity contribution in [2.24, 2.45) is 0 Å². The zero-order valence-electron chi connectivity index (χ0n) is 11.2. The number of carbonyl (C=O) groups is 1. The Morgan fingerprint density at radius 1 is 1.45 bits per heavy atom. The maximum Gasteiger partial charge on any atom is 0.405 e. The molecule has 1 aromatic rings. The van der Waals surface area contributed by atoms with Crippen molar-refractivity contribution >= 4 is 27.9 Å². The smallest absolute Gasteiger partial charge is 0.405 e. The highest BCUT2D eigenvalue weighted by Gasteiger charge is 2.29. The van der Waals surface area contributed by atoms with Gasteiger partial charge < -0.3 is 21.1 Å². The second-order valence-electron chi connectivity index (χ2n) is 4.22. The van der Waals surface area contributed by atoms with E-state index in [9.17, 15) is 18.0 Å². The molecule has 0 aliphatic carbocycles. The Labute approximate surface area is 118 Å². The number of ether oxygens (including phenoxy) is 1. The highest BCUT2D eigenvalue weighted by atomic mass is 32.1. The van der Waals surface area contributed by atoms with Gasteiger partial charge in [0, 0.05) is 7.05 Å². The third-order valence-electron chi connectivity index (χ3n) is 2.14. The second kappa shape index (κ2) is 6.21. The molecule has 0 atom stereocenters. The lowest BCUT2D eigenvalue weighted by Gasteiger charge is -2.13. The van der Waals surface area contributed by atoms with Crippen molar-refractivity contribution in [2.45, 2.75) is 26.1 Å². The number of hydrogen-bond donors (Lipinski definition) is 3. The molecule has 0 aliphatic rings. The molecule has 114 valence electrons. The molecule has 1 aromatic heterocycles. The Morgan fingerprint density at radius 2 is 2.05 bits per heavy atom. The van der Waals surface area contributed by atoms with Crippen molar-refractivity contribution in [1.82, 2.24) is 5.32 Å². The number of amides is 1. The summed E-state index contributed by atoms with van der Waals surface area (Å²) in [6, 6.07) is 0. The Balaban J connectivity index is 3.09. The molecule has 0 aromatic carbocycles. The van der Waals surface area contributed by atoms with Gasteiger partial charge in [0.15, 0.2) is 5.75 Å². The molecule has 0 unspecified atom stereocenters. The van der Waals surface area contributed by atoms with Gasteiger partial charge in [0.1, 0.15) is 22.1 Å². The summed E-state index contributed by atoms with van der Waals surface area (Å²) in [7, 11) is 1.41. The lowest BCUT2D eigenvalue weighted by atomic mass is 10.3. The van der Waals surface area contributed by atoms with Crippen molar-refractivity contribution in [1.29, 1.82) is 0 Å². The van der Waals surface area contributed by atoms with Crippen LogP contribution in [0.15, 0.2) is 0 Å². The Bertz CT molecular complexity index is 486. The molecule has 5 nitrogen and oxygen atoms in total. The minimum atomic E-state index is -4.37. The molecule has 20 heavy (non-hydrogen) atoms. The van der Waals surface area contributed by atoms with E-state index < -0.39 is 18.6 Å². The van der Waals surface area contributed by atoms with Gasteiger partial charge in [0.05, 0.1) is 6.10 Å². The number of nitrogens with one attached hydrogen (secondary N) is 2. The van der Waals surface area contributed by atoms with E-state index in [2.05, 4.69) is 10.6 Å². The molecule has 0 spiro atoms. The predicted molar refractivity (Wildman–Crippen MR) is 72.4 cm³/mol.